The summed E-state index contributed by atoms with van der Waals surface area (Å²) in [6.07, 6.45) is 0. The number of sulfonamides is 1. The molecule has 0 aliphatic heterocycles. The maximum Gasteiger partial charge on any atom is 0.337 e. The highest BCUT2D eigenvalue weighted by molar-refractivity contribution is 7.89. The van der Waals surface area contributed by atoms with Gasteiger partial charge in [0.1, 0.15) is 0 Å². The first-order chi connectivity index (χ1) is 11.8. The standard InChI is InChI=1S/C17H20N2O5S/c1-12(13-5-3-2-4-6-13)19-16-8-7-14(11-15(16)17(21)22)25(23,24)18-9-10-20/h2-8,11-12,18-20H,9-10H2,1H3,(H,21,22)/t12-/m1/s1. The second-order valence-electron chi connectivity index (χ2n) is 5.41. The van der Waals surface area contributed by atoms with Crippen LogP contribution in [-0.2, 0) is 10.0 Å². The number of hydrogen-bond acceptors (Lipinski definition) is 5. The van der Waals surface area contributed by atoms with Crippen molar-refractivity contribution in [3.05, 3.63) is 59.7 Å². The molecule has 134 valence electrons. The van der Waals surface area contributed by atoms with E-state index in [1.54, 1.807) is 0 Å². The lowest BCUT2D eigenvalue weighted by Gasteiger charge is -2.18. The Hall–Kier alpha value is -2.42. The Labute approximate surface area is 146 Å². The maximum absolute atomic E-state index is 12.1. The number of carboxylic acids is 1. The largest absolute Gasteiger partial charge is 0.478 e. The molecule has 2 rings (SSSR count). The van der Waals surface area contributed by atoms with E-state index in [-0.39, 0.29) is 29.7 Å². The van der Waals surface area contributed by atoms with Crippen molar-refractivity contribution in [2.24, 2.45) is 0 Å². The van der Waals surface area contributed by atoms with Crippen molar-refractivity contribution in [3.8, 4) is 0 Å². The van der Waals surface area contributed by atoms with Gasteiger partial charge in [0.25, 0.3) is 0 Å². The number of nitrogens with one attached hydrogen (secondary N) is 2. The van der Waals surface area contributed by atoms with Crippen LogP contribution in [0.2, 0.25) is 0 Å². The van der Waals surface area contributed by atoms with Gasteiger partial charge in [0.2, 0.25) is 10.0 Å². The molecule has 0 unspecified atom stereocenters. The van der Waals surface area contributed by atoms with Gasteiger partial charge in [0.05, 0.1) is 17.1 Å². The highest BCUT2D eigenvalue weighted by Gasteiger charge is 2.19. The summed E-state index contributed by atoms with van der Waals surface area (Å²) in [5.74, 6) is -1.23. The Morgan fingerprint density at radius 1 is 1.16 bits per heavy atom. The lowest BCUT2D eigenvalue weighted by molar-refractivity contribution is 0.0697. The molecule has 4 N–H and O–H groups in total. The van der Waals surface area contributed by atoms with Crippen molar-refractivity contribution in [3.63, 3.8) is 0 Å². The molecule has 0 heterocycles. The van der Waals surface area contributed by atoms with Gasteiger partial charge < -0.3 is 15.5 Å². The molecule has 0 spiro atoms. The Morgan fingerprint density at radius 2 is 1.84 bits per heavy atom. The lowest BCUT2D eigenvalue weighted by atomic mass is 10.1. The highest BCUT2D eigenvalue weighted by atomic mass is 32.2. The zero-order valence-electron chi connectivity index (χ0n) is 13.6. The summed E-state index contributed by atoms with van der Waals surface area (Å²) in [6, 6.07) is 13.2. The minimum absolute atomic E-state index is 0.143. The summed E-state index contributed by atoms with van der Waals surface area (Å²) >= 11 is 0. The first-order valence-corrected chi connectivity index (χ1v) is 9.13. The van der Waals surface area contributed by atoms with Gasteiger partial charge >= 0.3 is 5.97 Å². The van der Waals surface area contributed by atoms with E-state index in [2.05, 4.69) is 10.0 Å². The summed E-state index contributed by atoms with van der Waals surface area (Å²) in [5, 5.41) is 21.3. The molecule has 0 aromatic heterocycles. The first-order valence-electron chi connectivity index (χ1n) is 7.64. The second kappa shape index (κ2) is 8.11. The van der Waals surface area contributed by atoms with Crippen LogP contribution in [0.5, 0.6) is 0 Å². The van der Waals surface area contributed by atoms with E-state index in [0.717, 1.165) is 11.6 Å². The second-order valence-corrected chi connectivity index (χ2v) is 7.18. The molecule has 7 nitrogen and oxygen atoms in total. The fourth-order valence-corrected chi connectivity index (χ4v) is 3.36. The van der Waals surface area contributed by atoms with Gasteiger partial charge in [-0.2, -0.15) is 0 Å². The molecule has 0 saturated heterocycles. The van der Waals surface area contributed by atoms with Crippen molar-refractivity contribution in [1.29, 1.82) is 0 Å². The average Bonchev–Trinajstić information content (AvgIpc) is 2.60. The monoisotopic (exact) mass is 364 g/mol. The average molecular weight is 364 g/mol. The van der Waals surface area contributed by atoms with Gasteiger partial charge in [-0.15, -0.1) is 0 Å². The molecular formula is C17H20N2O5S. The van der Waals surface area contributed by atoms with E-state index < -0.39 is 16.0 Å². The van der Waals surface area contributed by atoms with Gasteiger partial charge in [0.15, 0.2) is 0 Å². The zero-order chi connectivity index (χ0) is 18.4. The molecule has 2 aromatic rings. The number of benzene rings is 2. The number of anilines is 1. The van der Waals surface area contributed by atoms with Crippen LogP contribution in [0.15, 0.2) is 53.4 Å². The molecule has 0 radical (unpaired) electrons. The van der Waals surface area contributed by atoms with Crippen molar-refractivity contribution < 1.29 is 23.4 Å². The van der Waals surface area contributed by atoms with Crippen molar-refractivity contribution >= 4 is 21.7 Å². The minimum Gasteiger partial charge on any atom is -0.478 e. The van der Waals surface area contributed by atoms with E-state index in [4.69, 9.17) is 5.11 Å². The molecule has 0 aliphatic carbocycles. The number of rotatable bonds is 8. The molecule has 2 aromatic carbocycles. The van der Waals surface area contributed by atoms with Gasteiger partial charge in [-0.05, 0) is 30.7 Å². The summed E-state index contributed by atoms with van der Waals surface area (Å²) < 4.78 is 26.4. The normalized spacial score (nSPS) is 12.6. The van der Waals surface area contributed by atoms with E-state index >= 15 is 0 Å². The van der Waals surface area contributed by atoms with Crippen molar-refractivity contribution in [2.45, 2.75) is 17.9 Å². The van der Waals surface area contributed by atoms with E-state index in [0.29, 0.717) is 5.69 Å². The van der Waals surface area contributed by atoms with Gasteiger partial charge in [-0.1, -0.05) is 30.3 Å². The first kappa shape index (κ1) is 18.9. The fraction of sp³-hybridized carbons (Fsp3) is 0.235. The Morgan fingerprint density at radius 3 is 2.44 bits per heavy atom. The molecule has 0 bridgehead atoms. The third-order valence-corrected chi connectivity index (χ3v) is 5.07. The Balaban J connectivity index is 2.32. The summed E-state index contributed by atoms with van der Waals surface area (Å²) in [6.45, 7) is 1.39. The highest BCUT2D eigenvalue weighted by Crippen LogP contribution is 2.25. The number of aliphatic hydroxyl groups is 1. The van der Waals surface area contributed by atoms with Gasteiger partial charge in [-0.3, -0.25) is 0 Å². The van der Waals surface area contributed by atoms with Crippen LogP contribution < -0.4 is 10.0 Å². The number of carbonyl (C=O) groups is 1. The number of hydrogen-bond donors (Lipinski definition) is 4. The maximum atomic E-state index is 12.1. The summed E-state index contributed by atoms with van der Waals surface area (Å²) in [4.78, 5) is 11.4. The zero-order valence-corrected chi connectivity index (χ0v) is 14.5. The minimum atomic E-state index is -3.88. The van der Waals surface area contributed by atoms with Crippen LogP contribution in [0.25, 0.3) is 0 Å². The molecule has 1 atom stereocenters. The molecule has 0 fully saturated rings. The molecule has 0 saturated carbocycles. The number of aromatic carboxylic acids is 1. The summed E-state index contributed by atoms with van der Waals surface area (Å²) in [7, 11) is -3.88. The molecule has 8 heteroatoms. The van der Waals surface area contributed by atoms with Crippen LogP contribution in [-0.4, -0.2) is 37.8 Å². The van der Waals surface area contributed by atoms with Gasteiger partial charge in [0, 0.05) is 18.3 Å². The third kappa shape index (κ3) is 4.79. The fourth-order valence-electron chi connectivity index (χ4n) is 2.31. The molecule has 25 heavy (non-hydrogen) atoms. The third-order valence-electron chi connectivity index (χ3n) is 3.61. The predicted molar refractivity (Wildman–Crippen MR) is 94.2 cm³/mol. The number of aliphatic hydroxyl groups excluding tert-OH is 1. The predicted octanol–water partition coefficient (Wildman–Crippen LogP) is 1.83. The Kier molecular flexibility index (Phi) is 6.13. The molecule has 0 amide bonds. The van der Waals surface area contributed by atoms with E-state index in [1.807, 2.05) is 37.3 Å². The van der Waals surface area contributed by atoms with Crippen LogP contribution in [0.4, 0.5) is 5.69 Å². The smallest absolute Gasteiger partial charge is 0.337 e. The van der Waals surface area contributed by atoms with Crippen LogP contribution in [0.3, 0.4) is 0 Å². The van der Waals surface area contributed by atoms with Crippen LogP contribution in [0, 0.1) is 0 Å². The lowest BCUT2D eigenvalue weighted by Crippen LogP contribution is -2.27. The topological polar surface area (TPSA) is 116 Å². The van der Waals surface area contributed by atoms with Crippen LogP contribution in [0.1, 0.15) is 28.9 Å². The van der Waals surface area contributed by atoms with Gasteiger partial charge in [-0.25, -0.2) is 17.9 Å². The van der Waals surface area contributed by atoms with Crippen molar-refractivity contribution in [2.75, 3.05) is 18.5 Å². The SMILES string of the molecule is C[C@@H](Nc1ccc(S(=O)(=O)NCCO)cc1C(=O)O)c1ccccc1. The number of carboxylic acid groups (broad SMARTS) is 1. The summed E-state index contributed by atoms with van der Waals surface area (Å²) in [5.41, 5.74) is 1.15. The van der Waals surface area contributed by atoms with E-state index in [1.165, 1.54) is 12.1 Å². The van der Waals surface area contributed by atoms with Crippen molar-refractivity contribution in [1.82, 2.24) is 4.72 Å². The quantitative estimate of drug-likeness (QED) is 0.568. The van der Waals surface area contributed by atoms with E-state index in [9.17, 15) is 18.3 Å². The molecular weight excluding hydrogens is 344 g/mol. The molecule has 0 aliphatic rings. The van der Waals surface area contributed by atoms with Crippen LogP contribution >= 0.6 is 0 Å². The Bertz CT molecular complexity index is 837.